The number of alkyl halides is 3. The number of benzene rings is 3. The lowest BCUT2D eigenvalue weighted by atomic mass is 9.68. The third-order valence-electron chi connectivity index (χ3n) is 6.97. The Hall–Kier alpha value is -3.81. The molecule has 1 heterocycles. The minimum Gasteiger partial charge on any atom is -0.481 e. The van der Waals surface area contributed by atoms with Crippen molar-refractivity contribution in [1.29, 1.82) is 0 Å². The maximum Gasteiger partial charge on any atom is 0.416 e. The van der Waals surface area contributed by atoms with Crippen molar-refractivity contribution in [1.82, 2.24) is 0 Å². The van der Waals surface area contributed by atoms with Gasteiger partial charge in [0, 0.05) is 30.0 Å². The molecular weight excluding hydrogens is 469 g/mol. The van der Waals surface area contributed by atoms with Crippen LogP contribution >= 0.6 is 0 Å². The molecule has 0 radical (unpaired) electrons. The number of aliphatic carboxylic acids is 1. The summed E-state index contributed by atoms with van der Waals surface area (Å²) in [5.74, 6) is -1.74. The van der Waals surface area contributed by atoms with E-state index in [1.165, 1.54) is 30.0 Å². The molecule has 0 saturated heterocycles. The molecule has 0 spiro atoms. The summed E-state index contributed by atoms with van der Waals surface area (Å²) in [6, 6.07) is 16.9. The van der Waals surface area contributed by atoms with Gasteiger partial charge in [0.05, 0.1) is 11.6 Å². The maximum atomic E-state index is 13.8. The van der Waals surface area contributed by atoms with Crippen LogP contribution in [0.25, 0.3) is 0 Å². The number of carboxylic acid groups (broad SMARTS) is 1. The number of fused-ring (bicyclic) bond motifs is 1. The number of carbonyl (C=O) groups is 2. The van der Waals surface area contributed by atoms with Crippen LogP contribution in [0, 0.1) is 0 Å². The van der Waals surface area contributed by atoms with Gasteiger partial charge in [0.2, 0.25) is 0 Å². The molecule has 3 aromatic carbocycles. The van der Waals surface area contributed by atoms with Crippen LogP contribution in [0.2, 0.25) is 0 Å². The quantitative estimate of drug-likeness (QED) is 0.435. The van der Waals surface area contributed by atoms with Gasteiger partial charge >= 0.3 is 12.1 Å². The van der Waals surface area contributed by atoms with E-state index in [0.717, 1.165) is 30.9 Å². The molecule has 1 aliphatic rings. The first-order valence-electron chi connectivity index (χ1n) is 11.7. The highest BCUT2D eigenvalue weighted by atomic mass is 19.4. The molecule has 0 aliphatic carbocycles. The zero-order chi connectivity index (χ0) is 26.3. The van der Waals surface area contributed by atoms with E-state index in [9.17, 15) is 27.9 Å². The Morgan fingerprint density at radius 2 is 1.64 bits per heavy atom. The highest BCUT2D eigenvalue weighted by Crippen LogP contribution is 2.49. The molecule has 3 aromatic rings. The highest BCUT2D eigenvalue weighted by Gasteiger charge is 2.54. The summed E-state index contributed by atoms with van der Waals surface area (Å²) in [5.41, 5.74) is -0.659. The predicted octanol–water partition coefficient (Wildman–Crippen LogP) is 6.30. The van der Waals surface area contributed by atoms with Gasteiger partial charge in [0.1, 0.15) is 5.41 Å². The van der Waals surface area contributed by atoms with Gasteiger partial charge in [-0.3, -0.25) is 14.5 Å². The van der Waals surface area contributed by atoms with Crippen LogP contribution in [-0.2, 0) is 16.4 Å². The third kappa shape index (κ3) is 4.10. The van der Waals surface area contributed by atoms with Gasteiger partial charge in [-0.25, -0.2) is 0 Å². The number of nitrogens with zero attached hydrogens (tertiary/aromatic N) is 2. The molecule has 0 unspecified atom stereocenters. The lowest BCUT2D eigenvalue weighted by Gasteiger charge is -2.47. The normalized spacial score (nSPS) is 19.7. The van der Waals surface area contributed by atoms with Crippen molar-refractivity contribution in [2.24, 2.45) is 0 Å². The predicted molar refractivity (Wildman–Crippen MR) is 132 cm³/mol. The fourth-order valence-corrected chi connectivity index (χ4v) is 5.04. The first-order chi connectivity index (χ1) is 17.0. The van der Waals surface area contributed by atoms with Gasteiger partial charge in [0.25, 0.3) is 5.91 Å². The van der Waals surface area contributed by atoms with E-state index < -0.39 is 35.1 Å². The van der Waals surface area contributed by atoms with Gasteiger partial charge in [-0.1, -0.05) is 36.4 Å². The summed E-state index contributed by atoms with van der Waals surface area (Å²) in [4.78, 5) is 30.0. The van der Waals surface area contributed by atoms with Crippen molar-refractivity contribution in [3.63, 3.8) is 0 Å². The molecule has 1 aliphatic heterocycles. The van der Waals surface area contributed by atoms with Gasteiger partial charge < -0.3 is 10.0 Å². The van der Waals surface area contributed by atoms with Crippen molar-refractivity contribution in [3.05, 3.63) is 95.1 Å². The summed E-state index contributed by atoms with van der Waals surface area (Å²) in [5, 5.41) is 10.5. The topological polar surface area (TPSA) is 60.9 Å². The molecular formula is C28H27F3N2O3. The first kappa shape index (κ1) is 25.3. The first-order valence-corrected chi connectivity index (χ1v) is 11.7. The molecule has 0 bridgehead atoms. The van der Waals surface area contributed by atoms with Crippen molar-refractivity contribution in [3.8, 4) is 0 Å². The summed E-state index contributed by atoms with van der Waals surface area (Å²) in [6.45, 7) is 7.10. The molecule has 1 N–H and O–H groups in total. The maximum absolute atomic E-state index is 13.8. The monoisotopic (exact) mass is 496 g/mol. The number of hydrogen-bond donors (Lipinski definition) is 1. The molecule has 188 valence electrons. The van der Waals surface area contributed by atoms with Crippen molar-refractivity contribution < 1.29 is 27.9 Å². The standard InChI is InChI=1S/C28H27F3N2O3/c1-4-32(5-2)20-15-13-18(14-16-20)24-27(3,26(35)36)23-12-7-6-11-22(23)25(34)33(24)21-10-8-9-19(17-21)28(29,30)31/h6-17,24H,4-5H2,1-3H3,(H,35,36)/t24-,27-/m1/s1. The number of amides is 1. The molecule has 1 amide bonds. The van der Waals surface area contributed by atoms with Crippen molar-refractivity contribution in [2.45, 2.75) is 38.4 Å². The summed E-state index contributed by atoms with van der Waals surface area (Å²) < 4.78 is 40.7. The smallest absolute Gasteiger partial charge is 0.416 e. The average Bonchev–Trinajstić information content (AvgIpc) is 2.87. The Morgan fingerprint density at radius 3 is 2.22 bits per heavy atom. The Bertz CT molecular complexity index is 1290. The van der Waals surface area contributed by atoms with E-state index in [1.807, 2.05) is 26.0 Å². The summed E-state index contributed by atoms with van der Waals surface area (Å²) in [7, 11) is 0. The van der Waals surface area contributed by atoms with Gasteiger partial charge in [-0.2, -0.15) is 13.2 Å². The Labute approximate surface area is 207 Å². The Balaban J connectivity index is 1.98. The average molecular weight is 497 g/mol. The fraction of sp³-hybridized carbons (Fsp3) is 0.286. The van der Waals surface area contributed by atoms with E-state index in [0.29, 0.717) is 11.1 Å². The molecule has 36 heavy (non-hydrogen) atoms. The third-order valence-corrected chi connectivity index (χ3v) is 6.97. The number of anilines is 2. The lowest BCUT2D eigenvalue weighted by molar-refractivity contribution is -0.144. The van der Waals surface area contributed by atoms with E-state index >= 15 is 0 Å². The molecule has 2 atom stereocenters. The second-order valence-electron chi connectivity index (χ2n) is 8.94. The summed E-state index contributed by atoms with van der Waals surface area (Å²) in [6.07, 6.45) is -4.62. The summed E-state index contributed by atoms with van der Waals surface area (Å²) >= 11 is 0. The Kier molecular flexibility index (Phi) is 6.56. The van der Waals surface area contributed by atoms with Crippen LogP contribution in [0.1, 0.15) is 53.9 Å². The van der Waals surface area contributed by atoms with Gasteiger partial charge in [-0.15, -0.1) is 0 Å². The number of halogens is 3. The number of carbonyl (C=O) groups excluding carboxylic acids is 1. The molecule has 0 fully saturated rings. The van der Waals surface area contributed by atoms with E-state index in [-0.39, 0.29) is 11.3 Å². The van der Waals surface area contributed by atoms with Crippen LogP contribution < -0.4 is 9.80 Å². The van der Waals surface area contributed by atoms with Crippen LogP contribution in [0.3, 0.4) is 0 Å². The van der Waals surface area contributed by atoms with Crippen LogP contribution in [0.5, 0.6) is 0 Å². The lowest BCUT2D eigenvalue weighted by Crippen LogP contribution is -2.54. The number of rotatable bonds is 6. The largest absolute Gasteiger partial charge is 0.481 e. The fourth-order valence-electron chi connectivity index (χ4n) is 5.04. The van der Waals surface area contributed by atoms with Crippen molar-refractivity contribution >= 4 is 23.3 Å². The molecule has 0 saturated carbocycles. The minimum absolute atomic E-state index is 0.0189. The zero-order valence-electron chi connectivity index (χ0n) is 20.2. The van der Waals surface area contributed by atoms with Crippen LogP contribution in [-0.4, -0.2) is 30.1 Å². The zero-order valence-corrected chi connectivity index (χ0v) is 20.2. The SMILES string of the molecule is CCN(CC)c1ccc([C@H]2N(c3cccc(C(F)(F)F)c3)C(=O)c3ccccc3[C@@]2(C)C(=O)O)cc1. The second-order valence-corrected chi connectivity index (χ2v) is 8.94. The number of hydrogen-bond acceptors (Lipinski definition) is 3. The van der Waals surface area contributed by atoms with Crippen LogP contribution in [0.15, 0.2) is 72.8 Å². The second kappa shape index (κ2) is 9.33. The Morgan fingerprint density at radius 1 is 1.00 bits per heavy atom. The van der Waals surface area contributed by atoms with Gasteiger partial charge in [-0.05, 0) is 68.3 Å². The number of carboxylic acids is 1. The molecule has 8 heteroatoms. The molecule has 4 rings (SSSR count). The minimum atomic E-state index is -4.62. The molecule has 5 nitrogen and oxygen atoms in total. The molecule has 0 aromatic heterocycles. The van der Waals surface area contributed by atoms with Gasteiger partial charge in [0.15, 0.2) is 0 Å². The van der Waals surface area contributed by atoms with E-state index in [1.54, 1.807) is 30.3 Å². The van der Waals surface area contributed by atoms with E-state index in [2.05, 4.69) is 4.90 Å². The van der Waals surface area contributed by atoms with E-state index in [4.69, 9.17) is 0 Å². The van der Waals surface area contributed by atoms with Crippen LogP contribution in [0.4, 0.5) is 24.5 Å². The highest BCUT2D eigenvalue weighted by molar-refractivity contribution is 6.11. The van der Waals surface area contributed by atoms with Crippen molar-refractivity contribution in [2.75, 3.05) is 22.9 Å².